The number of hydrogen-bond donors (Lipinski definition) is 2. The maximum atomic E-state index is 15.0. The minimum atomic E-state index is -0.506. The summed E-state index contributed by atoms with van der Waals surface area (Å²) in [7, 11) is 1.62. The number of aryl methyl sites for hydroxylation is 3. The number of hydrogen-bond acceptors (Lipinski definition) is 7. The van der Waals surface area contributed by atoms with Crippen LogP contribution in [0.15, 0.2) is 53.6 Å². The lowest BCUT2D eigenvalue weighted by Gasteiger charge is -2.26. The summed E-state index contributed by atoms with van der Waals surface area (Å²) in [5, 5.41) is 5.97. The second kappa shape index (κ2) is 12.7. The Kier molecular flexibility index (Phi) is 8.58. The predicted molar refractivity (Wildman–Crippen MR) is 170 cm³/mol. The average Bonchev–Trinajstić information content (AvgIpc) is 3.31. The van der Waals surface area contributed by atoms with E-state index in [1.54, 1.807) is 36.3 Å². The molecule has 6 rings (SSSR count). The monoisotopic (exact) mass is 615 g/mol. The fourth-order valence-electron chi connectivity index (χ4n) is 5.70. The number of ether oxygens (including phenoxy) is 1. The van der Waals surface area contributed by atoms with E-state index in [2.05, 4.69) is 15.6 Å². The number of aromatic nitrogens is 2. The van der Waals surface area contributed by atoms with E-state index < -0.39 is 5.82 Å². The van der Waals surface area contributed by atoms with Crippen LogP contribution in [0.1, 0.15) is 55.3 Å². The first-order valence-electron chi connectivity index (χ1n) is 14.8. The normalized spacial score (nSPS) is 14.9. The van der Waals surface area contributed by atoms with Crippen molar-refractivity contribution < 1.29 is 18.7 Å². The number of carbonyl (C=O) groups excluding carboxylic acids is 2. The van der Waals surface area contributed by atoms with E-state index in [-0.39, 0.29) is 23.1 Å². The molecule has 9 nitrogen and oxygen atoms in total. The summed E-state index contributed by atoms with van der Waals surface area (Å²) >= 11 is 1.52. The van der Waals surface area contributed by atoms with Crippen LogP contribution in [0.3, 0.4) is 0 Å². The molecule has 0 radical (unpaired) electrons. The Morgan fingerprint density at radius 3 is 2.59 bits per heavy atom. The van der Waals surface area contributed by atoms with E-state index >= 15 is 0 Å². The molecule has 228 valence electrons. The standard InChI is InChI=1S/C33H34FN5O4S/c1-20-25(16-24(34)17-26(20)37-31(40)29-15-21-6-4-3-5-7-28(21)44-29)23-14-27(33(42)38(2)19-23)36-30-9-8-22(18-35-30)32(41)39-10-12-43-13-11-39/h8-9,14-19H,3-7,10-13H2,1-2H3,(H,35,36)(H,37,40). The molecule has 1 aliphatic heterocycles. The summed E-state index contributed by atoms with van der Waals surface area (Å²) in [4.78, 5) is 47.0. The zero-order valence-electron chi connectivity index (χ0n) is 24.7. The minimum absolute atomic E-state index is 0.121. The smallest absolute Gasteiger partial charge is 0.274 e. The van der Waals surface area contributed by atoms with Gasteiger partial charge in [-0.2, -0.15) is 0 Å². The highest BCUT2D eigenvalue weighted by Crippen LogP contribution is 2.33. The van der Waals surface area contributed by atoms with Crippen molar-refractivity contribution in [1.82, 2.24) is 14.5 Å². The number of anilines is 3. The highest BCUT2D eigenvalue weighted by atomic mass is 32.1. The van der Waals surface area contributed by atoms with E-state index in [1.165, 1.54) is 51.1 Å². The molecule has 0 unspecified atom stereocenters. The molecule has 0 spiro atoms. The van der Waals surface area contributed by atoms with Crippen molar-refractivity contribution >= 4 is 40.3 Å². The van der Waals surface area contributed by atoms with Gasteiger partial charge in [-0.15, -0.1) is 11.3 Å². The molecule has 4 heterocycles. The molecule has 2 aliphatic rings. The summed E-state index contributed by atoms with van der Waals surface area (Å²) in [6.45, 7) is 3.89. The van der Waals surface area contributed by atoms with Gasteiger partial charge < -0.3 is 24.8 Å². The van der Waals surface area contributed by atoms with E-state index in [0.29, 0.717) is 64.9 Å². The summed E-state index contributed by atoms with van der Waals surface area (Å²) < 4.78 is 21.7. The van der Waals surface area contributed by atoms with Gasteiger partial charge in [-0.05, 0) is 85.7 Å². The van der Waals surface area contributed by atoms with Crippen LogP contribution >= 0.6 is 11.3 Å². The Labute approximate surface area is 258 Å². The first kappa shape index (κ1) is 29.7. The van der Waals surface area contributed by atoms with Crippen LogP contribution in [-0.2, 0) is 24.6 Å². The van der Waals surface area contributed by atoms with E-state index in [0.717, 1.165) is 25.7 Å². The van der Waals surface area contributed by atoms with Crippen molar-refractivity contribution in [1.29, 1.82) is 0 Å². The van der Waals surface area contributed by atoms with E-state index in [9.17, 15) is 18.8 Å². The number of pyridine rings is 2. The fraction of sp³-hybridized carbons (Fsp3) is 0.333. The number of thiophene rings is 1. The summed E-state index contributed by atoms with van der Waals surface area (Å²) in [5.41, 5.74) is 3.80. The van der Waals surface area contributed by atoms with Crippen LogP contribution in [0.2, 0.25) is 0 Å². The molecule has 4 aromatic rings. The summed E-state index contributed by atoms with van der Waals surface area (Å²) in [6, 6.07) is 9.64. The van der Waals surface area contributed by atoms with Gasteiger partial charge in [0.25, 0.3) is 17.4 Å². The molecule has 0 bridgehead atoms. The Hall–Kier alpha value is -4.35. The molecule has 2 N–H and O–H groups in total. The van der Waals surface area contributed by atoms with Crippen molar-refractivity contribution in [3.05, 3.63) is 91.4 Å². The van der Waals surface area contributed by atoms with Crippen LogP contribution in [-0.4, -0.2) is 52.6 Å². The van der Waals surface area contributed by atoms with Crippen LogP contribution in [0, 0.1) is 12.7 Å². The van der Waals surface area contributed by atoms with Crippen LogP contribution in [0.4, 0.5) is 21.6 Å². The van der Waals surface area contributed by atoms with Gasteiger partial charge in [0.05, 0.1) is 23.7 Å². The molecule has 3 aromatic heterocycles. The highest BCUT2D eigenvalue weighted by molar-refractivity contribution is 7.14. The van der Waals surface area contributed by atoms with Gasteiger partial charge in [-0.25, -0.2) is 9.37 Å². The quantitative estimate of drug-likeness (QED) is 0.270. The molecule has 1 aliphatic carbocycles. The third-order valence-electron chi connectivity index (χ3n) is 8.16. The number of nitrogens with zero attached hydrogens (tertiary/aromatic N) is 3. The molecule has 0 saturated carbocycles. The first-order valence-corrected chi connectivity index (χ1v) is 15.6. The average molecular weight is 616 g/mol. The van der Waals surface area contributed by atoms with Crippen molar-refractivity contribution in [2.75, 3.05) is 36.9 Å². The van der Waals surface area contributed by atoms with Gasteiger partial charge in [0.2, 0.25) is 0 Å². The van der Waals surface area contributed by atoms with Crippen molar-refractivity contribution in [3.63, 3.8) is 0 Å². The van der Waals surface area contributed by atoms with Gasteiger partial charge in [0.1, 0.15) is 17.3 Å². The molecule has 44 heavy (non-hydrogen) atoms. The van der Waals surface area contributed by atoms with Crippen molar-refractivity contribution in [3.8, 4) is 11.1 Å². The zero-order valence-corrected chi connectivity index (χ0v) is 25.6. The van der Waals surface area contributed by atoms with E-state index in [4.69, 9.17) is 4.74 Å². The first-order chi connectivity index (χ1) is 21.3. The molecule has 2 amide bonds. The van der Waals surface area contributed by atoms with Gasteiger partial charge in [0.15, 0.2) is 0 Å². The summed E-state index contributed by atoms with van der Waals surface area (Å²) in [6.07, 6.45) is 8.55. The zero-order chi connectivity index (χ0) is 30.8. The topological polar surface area (TPSA) is 106 Å². The molecule has 1 aromatic carbocycles. The second-order valence-corrected chi connectivity index (χ2v) is 12.4. The Morgan fingerprint density at radius 1 is 1.02 bits per heavy atom. The SMILES string of the molecule is Cc1c(NC(=O)c2cc3c(s2)CCCCC3)cc(F)cc1-c1cc(Nc2ccc(C(=O)N3CCOCC3)cn2)c(=O)n(C)c1. The minimum Gasteiger partial charge on any atom is -0.378 e. The Bertz CT molecular complexity index is 1750. The molecule has 1 saturated heterocycles. The Morgan fingerprint density at radius 2 is 1.82 bits per heavy atom. The second-order valence-electron chi connectivity index (χ2n) is 11.2. The van der Waals surface area contributed by atoms with Gasteiger partial charge in [-0.1, -0.05) is 6.42 Å². The van der Waals surface area contributed by atoms with Gasteiger partial charge in [-0.3, -0.25) is 14.4 Å². The van der Waals surface area contributed by atoms with Crippen molar-refractivity contribution in [2.45, 2.75) is 39.0 Å². The number of morpholine rings is 1. The lowest BCUT2D eigenvalue weighted by atomic mass is 9.99. The fourth-order valence-corrected chi connectivity index (χ4v) is 6.85. The van der Waals surface area contributed by atoms with E-state index in [1.807, 2.05) is 13.0 Å². The maximum absolute atomic E-state index is 15.0. The third kappa shape index (κ3) is 6.29. The molecule has 0 atom stereocenters. The van der Waals surface area contributed by atoms with Crippen molar-refractivity contribution in [2.24, 2.45) is 7.05 Å². The number of rotatable bonds is 6. The maximum Gasteiger partial charge on any atom is 0.274 e. The van der Waals surface area contributed by atoms with Crippen LogP contribution in [0.25, 0.3) is 11.1 Å². The van der Waals surface area contributed by atoms with Gasteiger partial charge in [0, 0.05) is 48.7 Å². The molecule has 11 heteroatoms. The third-order valence-corrected chi connectivity index (χ3v) is 9.39. The number of amides is 2. The molecular formula is C33H34FN5O4S. The highest BCUT2D eigenvalue weighted by Gasteiger charge is 2.21. The number of nitrogens with one attached hydrogen (secondary N) is 2. The van der Waals surface area contributed by atoms with Crippen LogP contribution < -0.4 is 16.2 Å². The number of fused-ring (bicyclic) bond motifs is 1. The molecular weight excluding hydrogens is 581 g/mol. The number of halogens is 1. The summed E-state index contributed by atoms with van der Waals surface area (Å²) in [5.74, 6) is -0.500. The van der Waals surface area contributed by atoms with Crippen LogP contribution in [0.5, 0.6) is 0 Å². The predicted octanol–water partition coefficient (Wildman–Crippen LogP) is 5.69. The lowest BCUT2D eigenvalue weighted by molar-refractivity contribution is 0.0302. The molecule has 1 fully saturated rings. The Balaban J connectivity index is 1.24. The largest absolute Gasteiger partial charge is 0.378 e. The lowest BCUT2D eigenvalue weighted by Crippen LogP contribution is -2.40. The number of benzene rings is 1. The van der Waals surface area contributed by atoms with Gasteiger partial charge >= 0.3 is 0 Å². The number of carbonyl (C=O) groups is 2.